The highest BCUT2D eigenvalue weighted by atomic mass is 35.5. The standard InChI is InChI=1S/C12H19ClN2O3S2/c13-12-14-9-11(19-12)20(16,17)15-7-4-8-18-10-5-2-1-3-6-10/h9-10,15H,1-8H2. The minimum absolute atomic E-state index is 0.149. The van der Waals surface area contributed by atoms with Crippen molar-refractivity contribution in [3.8, 4) is 0 Å². The molecule has 0 bridgehead atoms. The van der Waals surface area contributed by atoms with E-state index in [9.17, 15) is 8.42 Å². The van der Waals surface area contributed by atoms with E-state index in [-0.39, 0.29) is 8.68 Å². The van der Waals surface area contributed by atoms with E-state index >= 15 is 0 Å². The van der Waals surface area contributed by atoms with E-state index in [1.54, 1.807) is 0 Å². The van der Waals surface area contributed by atoms with E-state index in [1.807, 2.05) is 0 Å². The number of rotatable bonds is 7. The van der Waals surface area contributed by atoms with Crippen LogP contribution in [0.1, 0.15) is 38.5 Å². The van der Waals surface area contributed by atoms with Crippen LogP contribution in [0.3, 0.4) is 0 Å². The highest BCUT2D eigenvalue weighted by Crippen LogP contribution is 2.22. The third-order valence-corrected chi connectivity index (χ3v) is 6.28. The molecule has 1 aromatic rings. The van der Waals surface area contributed by atoms with Crippen molar-refractivity contribution >= 4 is 33.0 Å². The second-order valence-corrected chi connectivity index (χ2v) is 8.42. The van der Waals surface area contributed by atoms with Gasteiger partial charge in [0.05, 0.1) is 12.3 Å². The average Bonchev–Trinajstić information content (AvgIpc) is 2.87. The lowest BCUT2D eigenvalue weighted by Crippen LogP contribution is -2.26. The van der Waals surface area contributed by atoms with E-state index in [4.69, 9.17) is 16.3 Å². The zero-order chi connectivity index (χ0) is 14.4. The second-order valence-electron chi connectivity index (χ2n) is 4.81. The number of nitrogens with zero attached hydrogens (tertiary/aromatic N) is 1. The minimum Gasteiger partial charge on any atom is -0.378 e. The highest BCUT2D eigenvalue weighted by Gasteiger charge is 2.17. The molecule has 20 heavy (non-hydrogen) atoms. The van der Waals surface area contributed by atoms with Crippen LogP contribution in [0.4, 0.5) is 0 Å². The van der Waals surface area contributed by atoms with Crippen molar-refractivity contribution in [1.82, 2.24) is 9.71 Å². The number of hydrogen-bond donors (Lipinski definition) is 1. The fraction of sp³-hybridized carbons (Fsp3) is 0.750. The monoisotopic (exact) mass is 338 g/mol. The van der Waals surface area contributed by atoms with Crippen molar-refractivity contribution in [2.45, 2.75) is 48.8 Å². The maximum Gasteiger partial charge on any atom is 0.251 e. The number of aromatic nitrogens is 1. The molecule has 1 aliphatic rings. The molecule has 0 radical (unpaired) electrons. The molecular weight excluding hydrogens is 320 g/mol. The van der Waals surface area contributed by atoms with Gasteiger partial charge in [0, 0.05) is 13.2 Å². The maximum atomic E-state index is 11.9. The summed E-state index contributed by atoms with van der Waals surface area (Å²) >= 11 is 6.59. The van der Waals surface area contributed by atoms with E-state index in [0.29, 0.717) is 25.7 Å². The predicted octanol–water partition coefficient (Wildman–Crippen LogP) is 2.81. The van der Waals surface area contributed by atoms with Gasteiger partial charge in [0.1, 0.15) is 0 Å². The molecule has 2 rings (SSSR count). The lowest BCUT2D eigenvalue weighted by Gasteiger charge is -2.21. The van der Waals surface area contributed by atoms with Crippen molar-refractivity contribution in [3.63, 3.8) is 0 Å². The quantitative estimate of drug-likeness (QED) is 0.776. The van der Waals surface area contributed by atoms with Crippen LogP contribution in [0.5, 0.6) is 0 Å². The molecule has 8 heteroatoms. The summed E-state index contributed by atoms with van der Waals surface area (Å²) in [7, 11) is -3.48. The molecule has 1 saturated carbocycles. The largest absolute Gasteiger partial charge is 0.378 e. The Labute approximate surface area is 128 Å². The summed E-state index contributed by atoms with van der Waals surface area (Å²) in [4.78, 5) is 3.73. The van der Waals surface area contributed by atoms with E-state index in [1.165, 1.54) is 25.5 Å². The molecule has 114 valence electrons. The highest BCUT2D eigenvalue weighted by molar-refractivity contribution is 7.91. The van der Waals surface area contributed by atoms with Gasteiger partial charge in [0.2, 0.25) is 0 Å². The molecule has 1 aromatic heterocycles. The third-order valence-electron chi connectivity index (χ3n) is 3.24. The van der Waals surface area contributed by atoms with Crippen LogP contribution in [-0.2, 0) is 14.8 Å². The SMILES string of the molecule is O=S(=O)(NCCCOC1CCCCC1)c1cnc(Cl)s1. The summed E-state index contributed by atoms with van der Waals surface area (Å²) < 4.78 is 32.4. The Morgan fingerprint density at radius 2 is 2.15 bits per heavy atom. The number of hydrogen-bond acceptors (Lipinski definition) is 5. The molecule has 1 aliphatic carbocycles. The number of sulfonamides is 1. The Balaban J connectivity index is 1.65. The van der Waals surface area contributed by atoms with Crippen molar-refractivity contribution in [3.05, 3.63) is 10.7 Å². The van der Waals surface area contributed by atoms with Crippen molar-refractivity contribution in [2.75, 3.05) is 13.2 Å². The number of nitrogens with one attached hydrogen (secondary N) is 1. The van der Waals surface area contributed by atoms with Gasteiger partial charge in [-0.2, -0.15) is 0 Å². The Morgan fingerprint density at radius 3 is 2.80 bits per heavy atom. The lowest BCUT2D eigenvalue weighted by molar-refractivity contribution is 0.0278. The van der Waals surface area contributed by atoms with Gasteiger partial charge in [0.15, 0.2) is 8.68 Å². The van der Waals surface area contributed by atoms with Crippen molar-refractivity contribution < 1.29 is 13.2 Å². The van der Waals surface area contributed by atoms with Gasteiger partial charge in [-0.15, -0.1) is 0 Å². The summed E-state index contributed by atoms with van der Waals surface area (Å²) in [6.45, 7) is 0.960. The first-order valence-electron chi connectivity index (χ1n) is 6.80. The van der Waals surface area contributed by atoms with E-state index in [2.05, 4.69) is 9.71 Å². The third kappa shape index (κ3) is 4.96. The molecule has 1 heterocycles. The summed E-state index contributed by atoms with van der Waals surface area (Å²) in [5.74, 6) is 0. The first-order valence-corrected chi connectivity index (χ1v) is 9.48. The molecule has 1 fully saturated rings. The predicted molar refractivity (Wildman–Crippen MR) is 79.8 cm³/mol. The van der Waals surface area contributed by atoms with Crippen LogP contribution in [0.2, 0.25) is 4.47 Å². The van der Waals surface area contributed by atoms with Crippen molar-refractivity contribution in [2.24, 2.45) is 0 Å². The number of halogens is 1. The van der Waals surface area contributed by atoms with E-state index < -0.39 is 10.0 Å². The molecule has 5 nitrogen and oxygen atoms in total. The maximum absolute atomic E-state index is 11.9. The first-order chi connectivity index (χ1) is 9.58. The summed E-state index contributed by atoms with van der Waals surface area (Å²) in [6, 6.07) is 0. The van der Waals surface area contributed by atoms with Crippen molar-refractivity contribution in [1.29, 1.82) is 0 Å². The van der Waals surface area contributed by atoms with Gasteiger partial charge in [-0.05, 0) is 19.3 Å². The topological polar surface area (TPSA) is 68.3 Å². The minimum atomic E-state index is -3.48. The number of ether oxygens (including phenoxy) is 1. The van der Waals surface area contributed by atoms with Gasteiger partial charge in [-0.1, -0.05) is 42.2 Å². The van der Waals surface area contributed by atoms with E-state index in [0.717, 1.165) is 24.2 Å². The second kappa shape index (κ2) is 7.70. The molecule has 0 spiro atoms. The Kier molecular flexibility index (Phi) is 6.22. The normalized spacial score (nSPS) is 17.4. The molecule has 1 N–H and O–H groups in total. The summed E-state index contributed by atoms with van der Waals surface area (Å²) in [5.41, 5.74) is 0. The van der Waals surface area contributed by atoms with Crippen LogP contribution < -0.4 is 4.72 Å². The van der Waals surface area contributed by atoms with Crippen LogP contribution in [0, 0.1) is 0 Å². The smallest absolute Gasteiger partial charge is 0.251 e. The zero-order valence-corrected chi connectivity index (χ0v) is 13.6. The zero-order valence-electron chi connectivity index (χ0n) is 11.2. The number of thiazole rings is 1. The molecular formula is C12H19ClN2O3S2. The first kappa shape index (κ1) is 16.2. The molecule has 0 amide bonds. The molecule has 0 atom stereocenters. The molecule has 0 aliphatic heterocycles. The molecule has 0 saturated heterocycles. The van der Waals surface area contributed by atoms with Gasteiger partial charge in [-0.25, -0.2) is 18.1 Å². The fourth-order valence-corrected chi connectivity index (χ4v) is 4.61. The van der Waals surface area contributed by atoms with Crippen LogP contribution >= 0.6 is 22.9 Å². The van der Waals surface area contributed by atoms with Crippen LogP contribution in [0.15, 0.2) is 10.4 Å². The van der Waals surface area contributed by atoms with Crippen LogP contribution in [-0.4, -0.2) is 32.7 Å². The summed E-state index contributed by atoms with van der Waals surface area (Å²) in [6.07, 6.45) is 8.34. The average molecular weight is 339 g/mol. The molecule has 0 unspecified atom stereocenters. The Hall–Kier alpha value is -0.210. The Morgan fingerprint density at radius 1 is 1.40 bits per heavy atom. The lowest BCUT2D eigenvalue weighted by atomic mass is 9.98. The van der Waals surface area contributed by atoms with Gasteiger partial charge >= 0.3 is 0 Å². The fourth-order valence-electron chi connectivity index (χ4n) is 2.20. The van der Waals surface area contributed by atoms with Gasteiger partial charge in [0.25, 0.3) is 10.0 Å². The van der Waals surface area contributed by atoms with Gasteiger partial charge in [-0.3, -0.25) is 0 Å². The summed E-state index contributed by atoms with van der Waals surface area (Å²) in [5, 5.41) is 0. The van der Waals surface area contributed by atoms with Gasteiger partial charge < -0.3 is 4.74 Å². The van der Waals surface area contributed by atoms with Crippen LogP contribution in [0.25, 0.3) is 0 Å². The Bertz CT molecular complexity index is 513. The molecule has 0 aromatic carbocycles.